The Balaban J connectivity index is 4.28. The van der Waals surface area contributed by atoms with Crippen LogP contribution in [0.15, 0.2) is 11.9 Å². The van der Waals surface area contributed by atoms with Crippen molar-refractivity contribution in [2.75, 3.05) is 0 Å². The minimum absolute atomic E-state index is 0.627. The number of allylic oxidation sites excluding steroid dienone is 1. The number of carbonyl (C=O) groups is 1. The van der Waals surface area contributed by atoms with Gasteiger partial charge in [0.15, 0.2) is 6.07 Å². The Hall–Kier alpha value is -2.10. The maximum atomic E-state index is 9.98. The highest BCUT2D eigenvalue weighted by molar-refractivity contribution is 5.72. The van der Waals surface area contributed by atoms with E-state index in [1.54, 1.807) is 5.32 Å². The third-order valence-corrected chi connectivity index (χ3v) is 0.662. The molecular formula is C4H4N4O3. The Kier molecular flexibility index (Phi) is 3.10. The first-order valence-corrected chi connectivity index (χ1v) is 2.38. The number of nitro groups is 1. The van der Waals surface area contributed by atoms with Crippen molar-refractivity contribution in [3.63, 3.8) is 0 Å². The lowest BCUT2D eigenvalue weighted by Crippen LogP contribution is -2.25. The second-order valence-electron chi connectivity index (χ2n) is 1.41. The van der Waals surface area contributed by atoms with E-state index >= 15 is 0 Å². The van der Waals surface area contributed by atoms with Crippen molar-refractivity contribution >= 4 is 6.03 Å². The summed E-state index contributed by atoms with van der Waals surface area (Å²) in [7, 11) is 0. The van der Waals surface area contributed by atoms with E-state index in [4.69, 9.17) is 5.26 Å². The normalized spacial score (nSPS) is 9.91. The fraction of sp³-hybridized carbons (Fsp3) is 0. The predicted molar refractivity (Wildman–Crippen MR) is 33.4 cm³/mol. The Morgan fingerprint density at radius 2 is 2.36 bits per heavy atom. The average Bonchev–Trinajstić information content (AvgIpc) is 1.87. The van der Waals surface area contributed by atoms with E-state index in [2.05, 4.69) is 5.73 Å². The molecule has 0 heterocycles. The number of rotatable bonds is 2. The summed E-state index contributed by atoms with van der Waals surface area (Å²) in [6.07, 6.45) is 0.627. The van der Waals surface area contributed by atoms with Gasteiger partial charge in [0.2, 0.25) is 0 Å². The van der Waals surface area contributed by atoms with Crippen molar-refractivity contribution in [1.82, 2.24) is 5.32 Å². The third-order valence-electron chi connectivity index (χ3n) is 0.662. The lowest BCUT2D eigenvalue weighted by molar-refractivity contribution is -0.417. The molecule has 0 atom stereocenters. The van der Waals surface area contributed by atoms with E-state index in [0.717, 1.165) is 0 Å². The number of amides is 2. The van der Waals surface area contributed by atoms with Crippen LogP contribution in [0.25, 0.3) is 0 Å². The van der Waals surface area contributed by atoms with Crippen LogP contribution in [-0.4, -0.2) is 11.0 Å². The van der Waals surface area contributed by atoms with Crippen LogP contribution >= 0.6 is 0 Å². The first kappa shape index (κ1) is 8.90. The molecule has 0 aromatic heterocycles. The van der Waals surface area contributed by atoms with E-state index in [-0.39, 0.29) is 0 Å². The van der Waals surface area contributed by atoms with Crippen molar-refractivity contribution in [3.8, 4) is 6.07 Å². The SMILES string of the molecule is N#C/C(=C/NC(N)=O)[N+](=O)[O-]. The number of hydrogen-bond donors (Lipinski definition) is 2. The highest BCUT2D eigenvalue weighted by atomic mass is 16.6. The molecule has 7 heteroatoms. The van der Waals surface area contributed by atoms with E-state index in [9.17, 15) is 14.9 Å². The molecule has 0 spiro atoms. The maximum Gasteiger partial charge on any atom is 0.361 e. The fourth-order valence-electron chi connectivity index (χ4n) is 0.265. The smallest absolute Gasteiger partial charge is 0.351 e. The van der Waals surface area contributed by atoms with Crippen molar-refractivity contribution in [2.45, 2.75) is 0 Å². The Morgan fingerprint density at radius 1 is 1.82 bits per heavy atom. The van der Waals surface area contributed by atoms with Crippen LogP contribution in [0.5, 0.6) is 0 Å². The molecule has 58 valence electrons. The average molecular weight is 156 g/mol. The van der Waals surface area contributed by atoms with Gasteiger partial charge in [0, 0.05) is 0 Å². The number of nitriles is 1. The van der Waals surface area contributed by atoms with Gasteiger partial charge in [0.25, 0.3) is 0 Å². The van der Waals surface area contributed by atoms with Crippen LogP contribution in [0.2, 0.25) is 0 Å². The molecule has 0 rings (SSSR count). The molecule has 0 aliphatic rings. The minimum atomic E-state index is -0.959. The van der Waals surface area contributed by atoms with Crippen LogP contribution in [0.3, 0.4) is 0 Å². The zero-order chi connectivity index (χ0) is 8.85. The van der Waals surface area contributed by atoms with Crippen LogP contribution in [0, 0.1) is 21.4 Å². The molecule has 0 aromatic rings. The molecule has 11 heavy (non-hydrogen) atoms. The largest absolute Gasteiger partial charge is 0.361 e. The van der Waals surface area contributed by atoms with E-state index in [0.29, 0.717) is 6.20 Å². The summed E-state index contributed by atoms with van der Waals surface area (Å²) in [4.78, 5) is 18.9. The summed E-state index contributed by atoms with van der Waals surface area (Å²) in [5.74, 6) is 0. The van der Waals surface area contributed by atoms with E-state index in [1.807, 2.05) is 0 Å². The molecule has 0 aliphatic heterocycles. The summed E-state index contributed by atoms with van der Waals surface area (Å²) in [6, 6.07) is 0.290. The molecule has 0 radical (unpaired) electrons. The highest BCUT2D eigenvalue weighted by Gasteiger charge is 2.07. The Bertz CT molecular complexity index is 251. The number of nitrogens with two attached hydrogens (primary N) is 1. The van der Waals surface area contributed by atoms with Crippen LogP contribution in [0.1, 0.15) is 0 Å². The molecular weight excluding hydrogens is 152 g/mol. The topological polar surface area (TPSA) is 122 Å². The number of nitrogens with zero attached hydrogens (tertiary/aromatic N) is 2. The Morgan fingerprint density at radius 3 is 2.64 bits per heavy atom. The fourth-order valence-corrected chi connectivity index (χ4v) is 0.265. The van der Waals surface area contributed by atoms with E-state index in [1.165, 1.54) is 6.07 Å². The maximum absolute atomic E-state index is 9.98. The van der Waals surface area contributed by atoms with Gasteiger partial charge in [-0.05, 0) is 0 Å². The molecule has 0 saturated heterocycles. The lowest BCUT2D eigenvalue weighted by atomic mass is 10.5. The lowest BCUT2D eigenvalue weighted by Gasteiger charge is -1.88. The van der Waals surface area contributed by atoms with Crippen LogP contribution < -0.4 is 11.1 Å². The van der Waals surface area contributed by atoms with Gasteiger partial charge in [0.05, 0.1) is 11.1 Å². The predicted octanol–water partition coefficient (Wildman–Crippen LogP) is -0.704. The van der Waals surface area contributed by atoms with Gasteiger partial charge in [-0.1, -0.05) is 0 Å². The monoisotopic (exact) mass is 156 g/mol. The number of carbonyl (C=O) groups excluding carboxylic acids is 1. The van der Waals surface area contributed by atoms with Crippen molar-refractivity contribution in [1.29, 1.82) is 5.26 Å². The summed E-state index contributed by atoms with van der Waals surface area (Å²) in [5, 5.41) is 19.7. The van der Waals surface area contributed by atoms with Gasteiger partial charge in [-0.2, -0.15) is 5.26 Å². The first-order valence-electron chi connectivity index (χ1n) is 2.38. The molecule has 0 bridgehead atoms. The quantitative estimate of drug-likeness (QED) is 0.311. The van der Waals surface area contributed by atoms with Crippen LogP contribution in [0.4, 0.5) is 4.79 Å². The molecule has 7 nitrogen and oxygen atoms in total. The molecule has 0 saturated carbocycles. The van der Waals surface area contributed by atoms with Gasteiger partial charge in [0.1, 0.15) is 0 Å². The second-order valence-corrected chi connectivity index (χ2v) is 1.41. The number of hydrogen-bond acceptors (Lipinski definition) is 4. The first-order chi connectivity index (χ1) is 5.07. The second kappa shape index (κ2) is 3.84. The summed E-state index contributed by atoms with van der Waals surface area (Å²) in [6.45, 7) is 0. The molecule has 0 fully saturated rings. The number of primary amides is 1. The molecule has 0 unspecified atom stereocenters. The summed E-state index contributed by atoms with van der Waals surface area (Å²) >= 11 is 0. The van der Waals surface area contributed by atoms with Crippen molar-refractivity contribution in [2.24, 2.45) is 5.73 Å². The van der Waals surface area contributed by atoms with Gasteiger partial charge in [-0.25, -0.2) is 4.79 Å². The van der Waals surface area contributed by atoms with Gasteiger partial charge >= 0.3 is 11.7 Å². The third kappa shape index (κ3) is 3.47. The van der Waals surface area contributed by atoms with Crippen molar-refractivity contribution < 1.29 is 9.72 Å². The van der Waals surface area contributed by atoms with Crippen LogP contribution in [-0.2, 0) is 0 Å². The van der Waals surface area contributed by atoms with Gasteiger partial charge in [-0.15, -0.1) is 0 Å². The minimum Gasteiger partial charge on any atom is -0.351 e. The summed E-state index contributed by atoms with van der Waals surface area (Å²) in [5.41, 5.74) is 3.79. The van der Waals surface area contributed by atoms with E-state index < -0.39 is 16.7 Å². The molecule has 3 N–H and O–H groups in total. The van der Waals surface area contributed by atoms with Crippen molar-refractivity contribution in [3.05, 3.63) is 22.0 Å². The highest BCUT2D eigenvalue weighted by Crippen LogP contribution is 1.88. The van der Waals surface area contributed by atoms with Gasteiger partial charge in [-0.3, -0.25) is 10.1 Å². The molecule has 0 aromatic carbocycles. The zero-order valence-corrected chi connectivity index (χ0v) is 5.27. The summed E-state index contributed by atoms with van der Waals surface area (Å²) < 4.78 is 0. The number of nitrogens with one attached hydrogen (secondary N) is 1. The number of urea groups is 1. The molecule has 2 amide bonds. The Labute approximate surface area is 61.2 Å². The standard InChI is InChI=1S/C4H4N4O3/c5-1-3(8(10)11)2-7-4(6)9/h2H,(H3,6,7,9)/b3-2-. The molecule has 0 aliphatic carbocycles. The zero-order valence-electron chi connectivity index (χ0n) is 5.27. The van der Waals surface area contributed by atoms with Gasteiger partial charge < -0.3 is 11.1 Å².